The lowest BCUT2D eigenvalue weighted by atomic mass is 9.82. The summed E-state index contributed by atoms with van der Waals surface area (Å²) in [5.41, 5.74) is 3.11. The molecule has 0 spiro atoms. The Bertz CT molecular complexity index is 1020. The quantitative estimate of drug-likeness (QED) is 0.511. The Hall–Kier alpha value is -2.53. The smallest absolute Gasteiger partial charge is 0.253 e. The van der Waals surface area contributed by atoms with Crippen LogP contribution in [0.25, 0.3) is 10.1 Å². The molecule has 5 heteroatoms. The van der Waals surface area contributed by atoms with Gasteiger partial charge in [0.2, 0.25) is 0 Å². The van der Waals surface area contributed by atoms with Crippen LogP contribution in [0, 0.1) is 0 Å². The fraction of sp³-hybridized carbons (Fsp3) is 0.375. The van der Waals surface area contributed by atoms with Crippen LogP contribution in [0.2, 0.25) is 0 Å². The number of thiophene rings is 1. The van der Waals surface area contributed by atoms with Crippen molar-refractivity contribution in [3.05, 3.63) is 58.5 Å². The number of fused-ring (bicyclic) bond motifs is 1. The summed E-state index contributed by atoms with van der Waals surface area (Å²) in [5, 5.41) is 6.06. The third-order valence-corrected chi connectivity index (χ3v) is 6.69. The van der Waals surface area contributed by atoms with E-state index in [1.165, 1.54) is 5.56 Å². The van der Waals surface area contributed by atoms with E-state index in [1.807, 2.05) is 30.5 Å². The highest BCUT2D eigenvalue weighted by Crippen LogP contribution is 2.34. The second-order valence-electron chi connectivity index (χ2n) is 7.91. The first-order valence-corrected chi connectivity index (χ1v) is 10.7. The third kappa shape index (κ3) is 4.25. The number of hydrogen-bond acceptors (Lipinski definition) is 4. The van der Waals surface area contributed by atoms with Gasteiger partial charge < -0.3 is 14.8 Å². The van der Waals surface area contributed by atoms with Gasteiger partial charge >= 0.3 is 0 Å². The van der Waals surface area contributed by atoms with Gasteiger partial charge in [-0.1, -0.05) is 39.0 Å². The van der Waals surface area contributed by atoms with Crippen LogP contribution >= 0.6 is 11.3 Å². The van der Waals surface area contributed by atoms with Gasteiger partial charge in [0.15, 0.2) is 11.5 Å². The number of amides is 1. The Labute approximate surface area is 176 Å². The number of rotatable bonds is 7. The normalized spacial score (nSPS) is 12.6. The molecule has 0 aliphatic rings. The summed E-state index contributed by atoms with van der Waals surface area (Å²) < 4.78 is 11.8. The van der Waals surface area contributed by atoms with E-state index in [-0.39, 0.29) is 17.4 Å². The average Bonchev–Trinajstić information content (AvgIpc) is 3.16. The first-order chi connectivity index (χ1) is 13.8. The molecule has 0 saturated carbocycles. The van der Waals surface area contributed by atoms with Crippen molar-refractivity contribution in [3.63, 3.8) is 0 Å². The van der Waals surface area contributed by atoms with Crippen molar-refractivity contribution in [3.8, 4) is 11.5 Å². The highest BCUT2D eigenvalue weighted by atomic mass is 32.1. The number of benzene rings is 2. The topological polar surface area (TPSA) is 47.6 Å². The van der Waals surface area contributed by atoms with Crippen molar-refractivity contribution in [2.75, 3.05) is 14.2 Å². The maximum Gasteiger partial charge on any atom is 0.253 e. The van der Waals surface area contributed by atoms with Crippen LogP contribution in [0.4, 0.5) is 0 Å². The fourth-order valence-corrected chi connectivity index (χ4v) is 4.29. The van der Waals surface area contributed by atoms with Gasteiger partial charge in [-0.2, -0.15) is 0 Å². The average molecular weight is 412 g/mol. The van der Waals surface area contributed by atoms with Crippen LogP contribution in [0.1, 0.15) is 61.6 Å². The maximum atomic E-state index is 13.0. The van der Waals surface area contributed by atoms with E-state index in [9.17, 15) is 4.79 Å². The standard InChI is InChI=1S/C24H29NO3S/c1-7-24(3,4)17-9-10-18-19(14-29-22(18)13-17)23(26)25-15(2)16-8-11-20(27-5)21(12-16)28-6/h8-15H,7H2,1-6H3,(H,25,26)/t15-/m1/s1. The molecule has 0 aliphatic carbocycles. The molecule has 29 heavy (non-hydrogen) atoms. The van der Waals surface area contributed by atoms with E-state index in [0.717, 1.165) is 27.6 Å². The van der Waals surface area contributed by atoms with Gasteiger partial charge in [-0.3, -0.25) is 4.79 Å². The van der Waals surface area contributed by atoms with Crippen molar-refractivity contribution in [2.45, 2.75) is 45.6 Å². The van der Waals surface area contributed by atoms with Gasteiger partial charge in [-0.25, -0.2) is 0 Å². The summed E-state index contributed by atoms with van der Waals surface area (Å²) in [6, 6.07) is 12.0. The minimum Gasteiger partial charge on any atom is -0.493 e. The molecule has 2 aromatic carbocycles. The molecule has 0 bridgehead atoms. The van der Waals surface area contributed by atoms with Crippen LogP contribution in [0.3, 0.4) is 0 Å². The van der Waals surface area contributed by atoms with Crippen LogP contribution in [-0.4, -0.2) is 20.1 Å². The second kappa shape index (κ2) is 8.46. The number of hydrogen-bond donors (Lipinski definition) is 1. The lowest BCUT2D eigenvalue weighted by Crippen LogP contribution is -2.26. The molecule has 0 radical (unpaired) electrons. The number of carbonyl (C=O) groups is 1. The number of carbonyl (C=O) groups excluding carboxylic acids is 1. The zero-order valence-electron chi connectivity index (χ0n) is 18.0. The SMILES string of the molecule is CCC(C)(C)c1ccc2c(C(=O)N[C@H](C)c3ccc(OC)c(OC)c3)csc2c1. The van der Waals surface area contributed by atoms with E-state index >= 15 is 0 Å². The summed E-state index contributed by atoms with van der Waals surface area (Å²) in [6.45, 7) is 8.67. The first-order valence-electron chi connectivity index (χ1n) is 9.85. The molecule has 0 unspecified atom stereocenters. The zero-order chi connectivity index (χ0) is 21.2. The monoisotopic (exact) mass is 411 g/mol. The molecule has 154 valence electrons. The fourth-order valence-electron chi connectivity index (χ4n) is 3.31. The van der Waals surface area contributed by atoms with Crippen molar-refractivity contribution in [2.24, 2.45) is 0 Å². The Morgan fingerprint density at radius 1 is 1.10 bits per heavy atom. The van der Waals surface area contributed by atoms with Gasteiger partial charge in [-0.15, -0.1) is 11.3 Å². The summed E-state index contributed by atoms with van der Waals surface area (Å²) in [7, 11) is 3.22. The molecular weight excluding hydrogens is 382 g/mol. The molecule has 1 amide bonds. The molecule has 3 aromatic rings. The molecule has 3 rings (SSSR count). The molecule has 1 atom stereocenters. The van der Waals surface area contributed by atoms with E-state index in [4.69, 9.17) is 9.47 Å². The maximum absolute atomic E-state index is 13.0. The van der Waals surface area contributed by atoms with E-state index in [2.05, 4.69) is 44.3 Å². The molecule has 1 N–H and O–H groups in total. The predicted octanol–water partition coefficient (Wildman–Crippen LogP) is 6.10. The van der Waals surface area contributed by atoms with Gasteiger partial charge in [0.05, 0.1) is 25.8 Å². The second-order valence-corrected chi connectivity index (χ2v) is 8.82. The van der Waals surface area contributed by atoms with Crippen LogP contribution < -0.4 is 14.8 Å². The highest BCUT2D eigenvalue weighted by Gasteiger charge is 2.21. The van der Waals surface area contributed by atoms with Crippen LogP contribution in [0.15, 0.2) is 41.8 Å². The lowest BCUT2D eigenvalue weighted by molar-refractivity contribution is 0.0942. The molecule has 0 fully saturated rings. The Balaban J connectivity index is 1.83. The Kier molecular flexibility index (Phi) is 6.18. The lowest BCUT2D eigenvalue weighted by Gasteiger charge is -2.23. The minimum absolute atomic E-state index is 0.0685. The predicted molar refractivity (Wildman–Crippen MR) is 121 cm³/mol. The van der Waals surface area contributed by atoms with Gasteiger partial charge in [0.25, 0.3) is 5.91 Å². The molecule has 1 heterocycles. The summed E-state index contributed by atoms with van der Waals surface area (Å²) in [5.74, 6) is 1.25. The molecule has 0 aliphatic heterocycles. The highest BCUT2D eigenvalue weighted by molar-refractivity contribution is 7.17. The van der Waals surface area contributed by atoms with Gasteiger partial charge in [0.1, 0.15) is 0 Å². The number of methoxy groups -OCH3 is 2. The van der Waals surface area contributed by atoms with Crippen molar-refractivity contribution < 1.29 is 14.3 Å². The molecule has 1 aromatic heterocycles. The zero-order valence-corrected chi connectivity index (χ0v) is 18.8. The van der Waals surface area contributed by atoms with Crippen LogP contribution in [-0.2, 0) is 5.41 Å². The minimum atomic E-state index is -0.157. The molecule has 4 nitrogen and oxygen atoms in total. The summed E-state index contributed by atoms with van der Waals surface area (Å²) in [6.07, 6.45) is 1.07. The van der Waals surface area contributed by atoms with Gasteiger partial charge in [0, 0.05) is 15.5 Å². The Morgan fingerprint density at radius 3 is 2.48 bits per heavy atom. The van der Waals surface area contributed by atoms with Crippen molar-refractivity contribution >= 4 is 27.3 Å². The first kappa shape index (κ1) is 21.2. The number of nitrogens with one attached hydrogen (secondary N) is 1. The van der Waals surface area contributed by atoms with Crippen molar-refractivity contribution in [1.29, 1.82) is 0 Å². The summed E-state index contributed by atoms with van der Waals surface area (Å²) in [4.78, 5) is 13.0. The van der Waals surface area contributed by atoms with Gasteiger partial charge in [-0.05, 0) is 48.1 Å². The largest absolute Gasteiger partial charge is 0.493 e. The Morgan fingerprint density at radius 2 is 1.83 bits per heavy atom. The van der Waals surface area contributed by atoms with Crippen LogP contribution in [0.5, 0.6) is 11.5 Å². The molecular formula is C24H29NO3S. The number of ether oxygens (including phenoxy) is 2. The van der Waals surface area contributed by atoms with E-state index < -0.39 is 0 Å². The summed E-state index contributed by atoms with van der Waals surface area (Å²) >= 11 is 1.62. The van der Waals surface area contributed by atoms with E-state index in [1.54, 1.807) is 25.6 Å². The third-order valence-electron chi connectivity index (χ3n) is 5.74. The molecule has 0 saturated heterocycles. The van der Waals surface area contributed by atoms with Crippen molar-refractivity contribution in [1.82, 2.24) is 5.32 Å². The van der Waals surface area contributed by atoms with E-state index in [0.29, 0.717) is 11.5 Å².